The van der Waals surface area contributed by atoms with E-state index in [1.54, 1.807) is 17.7 Å². The normalized spacial score (nSPS) is 18.0. The van der Waals surface area contributed by atoms with E-state index in [1.807, 2.05) is 0 Å². The monoisotopic (exact) mass is 219 g/mol. The molecule has 0 bridgehead atoms. The second kappa shape index (κ2) is 2.92. The van der Waals surface area contributed by atoms with E-state index < -0.39 is 0 Å². The van der Waals surface area contributed by atoms with Crippen LogP contribution in [0.25, 0.3) is 10.2 Å². The molecule has 1 aliphatic carbocycles. The first-order chi connectivity index (χ1) is 7.18. The number of aromatic nitrogens is 2. The van der Waals surface area contributed by atoms with Gasteiger partial charge in [-0.05, 0) is 37.6 Å². The lowest BCUT2D eigenvalue weighted by Gasteiger charge is -2.12. The number of rotatable bonds is 2. The second-order valence-corrected chi connectivity index (χ2v) is 5.36. The number of nitrogens with one attached hydrogen (secondary N) is 1. The van der Waals surface area contributed by atoms with Crippen molar-refractivity contribution in [3.63, 3.8) is 0 Å². The summed E-state index contributed by atoms with van der Waals surface area (Å²) in [6.45, 7) is 4.35. The molecule has 0 amide bonds. The van der Waals surface area contributed by atoms with E-state index in [0.29, 0.717) is 0 Å². The molecular formula is C11H13N3S. The lowest BCUT2D eigenvalue weighted by Crippen LogP contribution is -2.17. The summed E-state index contributed by atoms with van der Waals surface area (Å²) in [5.74, 6) is 0.999. The van der Waals surface area contributed by atoms with E-state index in [9.17, 15) is 0 Å². The van der Waals surface area contributed by atoms with Crippen LogP contribution in [0, 0.1) is 6.92 Å². The van der Waals surface area contributed by atoms with Crippen LogP contribution in [0.1, 0.15) is 25.3 Å². The van der Waals surface area contributed by atoms with E-state index in [-0.39, 0.29) is 5.54 Å². The highest BCUT2D eigenvalue weighted by Gasteiger charge is 2.37. The van der Waals surface area contributed by atoms with Gasteiger partial charge in [-0.3, -0.25) is 0 Å². The first kappa shape index (κ1) is 9.09. The largest absolute Gasteiger partial charge is 0.364 e. The Morgan fingerprint density at radius 2 is 2.20 bits per heavy atom. The lowest BCUT2D eigenvalue weighted by molar-refractivity contribution is 0.822. The first-order valence-electron chi connectivity index (χ1n) is 5.15. The topological polar surface area (TPSA) is 37.8 Å². The van der Waals surface area contributed by atoms with Crippen LogP contribution in [-0.2, 0) is 0 Å². The fourth-order valence-electron chi connectivity index (χ4n) is 1.71. The quantitative estimate of drug-likeness (QED) is 0.843. The van der Waals surface area contributed by atoms with E-state index in [0.717, 1.165) is 10.6 Å². The summed E-state index contributed by atoms with van der Waals surface area (Å²) in [6, 6.07) is 0. The molecule has 2 aromatic rings. The van der Waals surface area contributed by atoms with Crippen molar-refractivity contribution in [1.29, 1.82) is 0 Å². The zero-order valence-electron chi connectivity index (χ0n) is 8.87. The molecule has 1 fully saturated rings. The Kier molecular flexibility index (Phi) is 1.77. The average molecular weight is 219 g/mol. The Morgan fingerprint density at radius 3 is 2.93 bits per heavy atom. The van der Waals surface area contributed by atoms with Gasteiger partial charge in [0, 0.05) is 5.54 Å². The van der Waals surface area contributed by atoms with Crippen molar-refractivity contribution in [2.24, 2.45) is 0 Å². The first-order valence-corrected chi connectivity index (χ1v) is 6.03. The number of thiophene rings is 1. The standard InChI is InChI=1S/C11H13N3S/c1-7-5-15-10-8(7)9(12-6-13-10)14-11(2)3-4-11/h5-6H,3-4H2,1-2H3,(H,12,13,14). The molecule has 0 aromatic carbocycles. The molecule has 0 atom stereocenters. The second-order valence-electron chi connectivity index (χ2n) is 4.51. The molecule has 1 aliphatic rings. The Morgan fingerprint density at radius 1 is 1.40 bits per heavy atom. The number of nitrogens with zero attached hydrogens (tertiary/aromatic N) is 2. The third kappa shape index (κ3) is 1.49. The van der Waals surface area contributed by atoms with Crippen molar-refractivity contribution < 1.29 is 0 Å². The SMILES string of the molecule is Cc1csc2ncnc(NC3(C)CC3)c12. The van der Waals surface area contributed by atoms with Crippen molar-refractivity contribution in [1.82, 2.24) is 9.97 Å². The summed E-state index contributed by atoms with van der Waals surface area (Å²) in [6.07, 6.45) is 4.12. The van der Waals surface area contributed by atoms with Gasteiger partial charge >= 0.3 is 0 Å². The van der Waals surface area contributed by atoms with E-state index in [1.165, 1.54) is 23.8 Å². The molecule has 0 spiro atoms. The van der Waals surface area contributed by atoms with Gasteiger partial charge in [0.1, 0.15) is 17.0 Å². The third-order valence-corrected chi connectivity index (χ3v) is 3.98. The Balaban J connectivity index is 2.12. The highest BCUT2D eigenvalue weighted by molar-refractivity contribution is 7.17. The average Bonchev–Trinajstić information content (AvgIpc) is 2.80. The molecule has 3 nitrogen and oxygen atoms in total. The maximum Gasteiger partial charge on any atom is 0.138 e. The molecule has 0 aliphatic heterocycles. The zero-order chi connectivity index (χ0) is 10.5. The van der Waals surface area contributed by atoms with E-state index in [2.05, 4.69) is 34.5 Å². The highest BCUT2D eigenvalue weighted by Crippen LogP contribution is 2.40. The van der Waals surface area contributed by atoms with Crippen molar-refractivity contribution in [3.05, 3.63) is 17.3 Å². The molecule has 1 N–H and O–H groups in total. The predicted molar refractivity (Wildman–Crippen MR) is 63.4 cm³/mol. The van der Waals surface area contributed by atoms with E-state index >= 15 is 0 Å². The van der Waals surface area contributed by atoms with Crippen molar-refractivity contribution >= 4 is 27.4 Å². The molecule has 0 radical (unpaired) electrons. The lowest BCUT2D eigenvalue weighted by atomic mass is 10.2. The number of hydrogen-bond donors (Lipinski definition) is 1. The van der Waals surface area contributed by atoms with Gasteiger partial charge in [-0.1, -0.05) is 0 Å². The van der Waals surface area contributed by atoms with Crippen LogP contribution in [0.2, 0.25) is 0 Å². The van der Waals surface area contributed by atoms with Crippen LogP contribution in [0.5, 0.6) is 0 Å². The maximum absolute atomic E-state index is 4.35. The van der Waals surface area contributed by atoms with Crippen molar-refractivity contribution in [2.45, 2.75) is 32.2 Å². The summed E-state index contributed by atoms with van der Waals surface area (Å²) >= 11 is 1.68. The van der Waals surface area contributed by atoms with Gasteiger partial charge < -0.3 is 5.32 Å². The Labute approximate surface area is 92.6 Å². The smallest absolute Gasteiger partial charge is 0.138 e. The van der Waals surface area contributed by atoms with Gasteiger partial charge in [-0.25, -0.2) is 9.97 Å². The molecule has 1 saturated carbocycles. The van der Waals surface area contributed by atoms with Crippen molar-refractivity contribution in [2.75, 3.05) is 5.32 Å². The molecular weight excluding hydrogens is 206 g/mol. The van der Waals surface area contributed by atoms with Gasteiger partial charge in [0.15, 0.2) is 0 Å². The van der Waals surface area contributed by atoms with E-state index in [4.69, 9.17) is 0 Å². The molecule has 4 heteroatoms. The van der Waals surface area contributed by atoms with Gasteiger partial charge in [0.25, 0.3) is 0 Å². The number of fused-ring (bicyclic) bond motifs is 1. The maximum atomic E-state index is 4.35. The molecule has 3 rings (SSSR count). The summed E-state index contributed by atoms with van der Waals surface area (Å²) in [5, 5.41) is 6.85. The molecule has 0 unspecified atom stereocenters. The minimum atomic E-state index is 0.273. The summed E-state index contributed by atoms with van der Waals surface area (Å²) in [5.41, 5.74) is 1.54. The minimum absolute atomic E-state index is 0.273. The third-order valence-electron chi connectivity index (χ3n) is 2.97. The number of hydrogen-bond acceptors (Lipinski definition) is 4. The summed E-state index contributed by atoms with van der Waals surface area (Å²) in [4.78, 5) is 9.71. The summed E-state index contributed by atoms with van der Waals surface area (Å²) in [7, 11) is 0. The van der Waals surface area contributed by atoms with Gasteiger partial charge in [-0.15, -0.1) is 11.3 Å². The van der Waals surface area contributed by atoms with Crippen LogP contribution in [0.15, 0.2) is 11.7 Å². The fourth-order valence-corrected chi connectivity index (χ4v) is 2.60. The Hall–Kier alpha value is -1.16. The van der Waals surface area contributed by atoms with Crippen LogP contribution in [0.3, 0.4) is 0 Å². The van der Waals surface area contributed by atoms with Crippen LogP contribution < -0.4 is 5.32 Å². The molecule has 78 valence electrons. The number of anilines is 1. The predicted octanol–water partition coefficient (Wildman–Crippen LogP) is 2.96. The molecule has 2 heterocycles. The van der Waals surface area contributed by atoms with Crippen molar-refractivity contribution in [3.8, 4) is 0 Å². The molecule has 0 saturated heterocycles. The minimum Gasteiger partial charge on any atom is -0.364 e. The molecule has 2 aromatic heterocycles. The highest BCUT2D eigenvalue weighted by atomic mass is 32.1. The van der Waals surface area contributed by atoms with Gasteiger partial charge in [0.2, 0.25) is 0 Å². The fraction of sp³-hybridized carbons (Fsp3) is 0.455. The van der Waals surface area contributed by atoms with Crippen LogP contribution in [0.4, 0.5) is 5.82 Å². The zero-order valence-corrected chi connectivity index (χ0v) is 9.69. The number of aryl methyl sites for hydroxylation is 1. The molecule has 15 heavy (non-hydrogen) atoms. The van der Waals surface area contributed by atoms with Gasteiger partial charge in [-0.2, -0.15) is 0 Å². The van der Waals surface area contributed by atoms with Crippen LogP contribution in [-0.4, -0.2) is 15.5 Å². The summed E-state index contributed by atoms with van der Waals surface area (Å²) < 4.78 is 0. The van der Waals surface area contributed by atoms with Crippen LogP contribution >= 0.6 is 11.3 Å². The van der Waals surface area contributed by atoms with Gasteiger partial charge in [0.05, 0.1) is 5.39 Å². The Bertz CT molecular complexity index is 514.